The van der Waals surface area contributed by atoms with Crippen LogP contribution in [0.5, 0.6) is 0 Å². The lowest BCUT2D eigenvalue weighted by atomic mass is 10.0. The minimum absolute atomic E-state index is 0.0167. The third-order valence-corrected chi connectivity index (χ3v) is 7.06. The van der Waals surface area contributed by atoms with Crippen LogP contribution in [0, 0.1) is 24.0 Å². The summed E-state index contributed by atoms with van der Waals surface area (Å²) in [5, 5.41) is 18.1. The van der Waals surface area contributed by atoms with Crippen LogP contribution < -0.4 is 10.6 Å². The van der Waals surface area contributed by atoms with E-state index in [0.717, 1.165) is 22.5 Å². The lowest BCUT2D eigenvalue weighted by Gasteiger charge is -2.26. The monoisotopic (exact) mass is 541 g/mol. The average molecular weight is 542 g/mol. The molecule has 0 spiro atoms. The first-order valence-electron chi connectivity index (χ1n) is 12.5. The van der Waals surface area contributed by atoms with Crippen molar-refractivity contribution in [3.8, 4) is 11.3 Å². The van der Waals surface area contributed by atoms with Crippen LogP contribution in [-0.4, -0.2) is 32.4 Å². The van der Waals surface area contributed by atoms with Gasteiger partial charge in [-0.25, -0.2) is 0 Å². The Labute approximate surface area is 231 Å². The smallest absolute Gasteiger partial charge is 0.270 e. The Hall–Kier alpha value is -4.57. The molecule has 0 unspecified atom stereocenters. The molecule has 2 N–H and O–H groups in total. The lowest BCUT2D eigenvalue weighted by Crippen LogP contribution is -2.32. The fourth-order valence-corrected chi connectivity index (χ4v) is 5.03. The zero-order valence-corrected chi connectivity index (χ0v) is 22.3. The highest BCUT2D eigenvalue weighted by Gasteiger charge is 2.41. The van der Waals surface area contributed by atoms with Crippen molar-refractivity contribution in [1.29, 1.82) is 0 Å². The molecule has 1 amide bonds. The molecule has 0 radical (unpaired) electrons. The largest absolute Gasteiger partial charge is 0.459 e. The number of hydrogen-bond acceptors (Lipinski definition) is 6. The molecule has 0 aliphatic carbocycles. The fourth-order valence-electron chi connectivity index (χ4n) is 4.70. The van der Waals surface area contributed by atoms with Gasteiger partial charge in [0, 0.05) is 42.5 Å². The van der Waals surface area contributed by atoms with Crippen LogP contribution in [0.2, 0.25) is 0 Å². The third-order valence-electron chi connectivity index (χ3n) is 6.70. The van der Waals surface area contributed by atoms with E-state index in [1.54, 1.807) is 24.4 Å². The Balaban J connectivity index is 1.41. The number of amides is 1. The minimum atomic E-state index is -0.436. The highest BCUT2D eigenvalue weighted by Crippen LogP contribution is 2.40. The first-order valence-corrected chi connectivity index (χ1v) is 12.9. The summed E-state index contributed by atoms with van der Waals surface area (Å²) in [6.07, 6.45) is 1.92. The molecule has 2 atom stereocenters. The number of nitrogens with one attached hydrogen (secondary N) is 2. The lowest BCUT2D eigenvalue weighted by molar-refractivity contribution is -0.384. The maximum absolute atomic E-state index is 12.9. The van der Waals surface area contributed by atoms with Crippen molar-refractivity contribution in [2.45, 2.75) is 32.4 Å². The Morgan fingerprint density at radius 2 is 1.97 bits per heavy atom. The molecule has 2 aromatic heterocycles. The summed E-state index contributed by atoms with van der Waals surface area (Å²) in [7, 11) is 0. The van der Waals surface area contributed by atoms with Crippen molar-refractivity contribution in [3.63, 3.8) is 0 Å². The van der Waals surface area contributed by atoms with E-state index in [2.05, 4.69) is 15.6 Å². The van der Waals surface area contributed by atoms with Crippen LogP contribution in [0.1, 0.15) is 41.1 Å². The number of anilines is 1. The number of carbonyl (C=O) groups is 1. The number of benzene rings is 2. The first kappa shape index (κ1) is 26.1. The van der Waals surface area contributed by atoms with E-state index in [1.165, 1.54) is 12.1 Å². The van der Waals surface area contributed by atoms with Crippen molar-refractivity contribution in [2.75, 3.05) is 11.9 Å². The van der Waals surface area contributed by atoms with Crippen molar-refractivity contribution in [1.82, 2.24) is 15.2 Å². The molecular weight excluding hydrogens is 514 g/mol. The topological polar surface area (TPSA) is 114 Å². The second-order valence-electron chi connectivity index (χ2n) is 9.45. The van der Waals surface area contributed by atoms with Crippen LogP contribution in [0.3, 0.4) is 0 Å². The van der Waals surface area contributed by atoms with E-state index >= 15 is 0 Å². The summed E-state index contributed by atoms with van der Waals surface area (Å²) < 4.78 is 6.26. The van der Waals surface area contributed by atoms with Gasteiger partial charge < -0.3 is 20.0 Å². The second-order valence-corrected chi connectivity index (χ2v) is 9.83. The molecule has 39 heavy (non-hydrogen) atoms. The maximum Gasteiger partial charge on any atom is 0.270 e. The van der Waals surface area contributed by atoms with E-state index in [9.17, 15) is 14.9 Å². The van der Waals surface area contributed by atoms with Crippen molar-refractivity contribution in [3.05, 3.63) is 112 Å². The van der Waals surface area contributed by atoms with Gasteiger partial charge in [0.05, 0.1) is 16.7 Å². The van der Waals surface area contributed by atoms with Gasteiger partial charge in [0.15, 0.2) is 5.11 Å². The quantitative estimate of drug-likeness (QED) is 0.162. The predicted octanol–water partition coefficient (Wildman–Crippen LogP) is 5.87. The number of thiocarbonyl (C=S) groups is 1. The molecule has 1 aliphatic rings. The summed E-state index contributed by atoms with van der Waals surface area (Å²) in [5.41, 5.74) is 4.20. The first-order chi connectivity index (χ1) is 18.8. The van der Waals surface area contributed by atoms with Gasteiger partial charge in [-0.05, 0) is 67.5 Å². The number of rotatable bonds is 8. The number of pyridine rings is 1. The minimum Gasteiger partial charge on any atom is -0.459 e. The van der Waals surface area contributed by atoms with Crippen molar-refractivity contribution in [2.24, 2.45) is 0 Å². The van der Waals surface area contributed by atoms with Crippen molar-refractivity contribution >= 4 is 34.6 Å². The predicted molar refractivity (Wildman–Crippen MR) is 152 cm³/mol. The molecule has 5 rings (SSSR count). The summed E-state index contributed by atoms with van der Waals surface area (Å²) in [6.45, 7) is 4.29. The second kappa shape index (κ2) is 11.0. The Morgan fingerprint density at radius 3 is 2.74 bits per heavy atom. The van der Waals surface area contributed by atoms with Gasteiger partial charge >= 0.3 is 0 Å². The molecule has 1 aliphatic heterocycles. The zero-order chi connectivity index (χ0) is 27.5. The number of aromatic nitrogens is 1. The molecule has 4 aromatic rings. The number of non-ortho nitro benzene ring substituents is 1. The average Bonchev–Trinajstić information content (AvgIpc) is 3.54. The van der Waals surface area contributed by atoms with E-state index < -0.39 is 4.92 Å². The van der Waals surface area contributed by atoms with Crippen LogP contribution in [0.25, 0.3) is 11.3 Å². The molecule has 0 saturated carbocycles. The van der Waals surface area contributed by atoms with E-state index in [-0.39, 0.29) is 30.1 Å². The normalized spacial score (nSPS) is 16.7. The molecule has 10 heteroatoms. The highest BCUT2D eigenvalue weighted by molar-refractivity contribution is 7.80. The standard InChI is InChI=1S/C29H27N5O4S/c1-18-9-10-19(2)23(16-18)31-26(35)13-15-33-28(27(32-29(33)39)22-8-3-4-14-30-22)25-12-11-24(38-25)20-6-5-7-21(17-20)34(36)37/h3-12,14,16-17,27-28H,13,15H2,1-2H3,(H,31,35)(H,32,39)/t27-,28-/m1/s1. The number of hydrogen-bond donors (Lipinski definition) is 2. The van der Waals surface area contributed by atoms with E-state index in [0.29, 0.717) is 28.7 Å². The van der Waals surface area contributed by atoms with Gasteiger partial charge in [0.25, 0.3) is 5.69 Å². The zero-order valence-electron chi connectivity index (χ0n) is 21.5. The third kappa shape index (κ3) is 5.65. The number of carbonyl (C=O) groups excluding carboxylic acids is 1. The van der Waals surface area contributed by atoms with Gasteiger partial charge in [0.1, 0.15) is 17.6 Å². The van der Waals surface area contributed by atoms with E-state index in [1.807, 2.05) is 61.2 Å². The number of nitrogens with zero attached hydrogens (tertiary/aromatic N) is 3. The molecule has 1 saturated heterocycles. The molecule has 2 aromatic carbocycles. The Bertz CT molecular complexity index is 1540. The number of furan rings is 1. The van der Waals surface area contributed by atoms with Crippen LogP contribution >= 0.6 is 12.2 Å². The fraction of sp³-hybridized carbons (Fsp3) is 0.207. The molecule has 9 nitrogen and oxygen atoms in total. The SMILES string of the molecule is Cc1ccc(C)c(NC(=O)CCN2C(=S)N[C@H](c3ccccn3)[C@H]2c2ccc(-c3cccc([N+](=O)[O-])c3)o2)c1. The van der Waals surface area contributed by atoms with Crippen LogP contribution in [0.4, 0.5) is 11.4 Å². The van der Waals surface area contributed by atoms with Crippen LogP contribution in [0.15, 0.2) is 83.4 Å². The highest BCUT2D eigenvalue weighted by atomic mass is 32.1. The van der Waals surface area contributed by atoms with Gasteiger partial charge in [-0.2, -0.15) is 0 Å². The molecule has 3 heterocycles. The van der Waals surface area contributed by atoms with Gasteiger partial charge in [-0.3, -0.25) is 19.9 Å². The van der Waals surface area contributed by atoms with E-state index in [4.69, 9.17) is 16.6 Å². The summed E-state index contributed by atoms with van der Waals surface area (Å²) in [6, 6.07) is 20.8. The number of nitro benzene ring substituents is 1. The molecule has 0 bridgehead atoms. The van der Waals surface area contributed by atoms with Crippen LogP contribution in [-0.2, 0) is 4.79 Å². The molecular formula is C29H27N5O4S. The van der Waals surface area contributed by atoms with Gasteiger partial charge in [0.2, 0.25) is 5.91 Å². The molecule has 1 fully saturated rings. The summed E-state index contributed by atoms with van der Waals surface area (Å²) >= 11 is 5.70. The maximum atomic E-state index is 12.9. The van der Waals surface area contributed by atoms with Gasteiger partial charge in [-0.15, -0.1) is 0 Å². The number of nitro groups is 1. The van der Waals surface area contributed by atoms with Crippen molar-refractivity contribution < 1.29 is 14.1 Å². The summed E-state index contributed by atoms with van der Waals surface area (Å²) in [5.74, 6) is 0.983. The molecule has 198 valence electrons. The summed E-state index contributed by atoms with van der Waals surface area (Å²) in [4.78, 5) is 30.2. The van der Waals surface area contributed by atoms with Gasteiger partial charge in [-0.1, -0.05) is 30.3 Å². The number of aryl methyl sites for hydroxylation is 2. The Morgan fingerprint density at radius 1 is 1.13 bits per heavy atom. The Kier molecular flexibility index (Phi) is 7.38.